The maximum absolute atomic E-state index is 7.03. The molecule has 2 aliphatic rings. The van der Waals surface area contributed by atoms with Crippen LogP contribution in [0.3, 0.4) is 0 Å². The van der Waals surface area contributed by atoms with Crippen LogP contribution in [0.4, 0.5) is 17.1 Å². The number of fused-ring (bicyclic) bond motifs is 7. The molecule has 10 aromatic rings. The number of anilines is 3. The van der Waals surface area contributed by atoms with Gasteiger partial charge in [0, 0.05) is 22.9 Å². The second-order valence-corrected chi connectivity index (χ2v) is 16.0. The highest BCUT2D eigenvalue weighted by Gasteiger charge is 2.48. The van der Waals surface area contributed by atoms with Crippen LogP contribution in [0.2, 0.25) is 0 Å². The van der Waals surface area contributed by atoms with E-state index in [4.69, 9.17) is 9.47 Å². The highest BCUT2D eigenvalue weighted by atomic mass is 16.6. The van der Waals surface area contributed by atoms with Crippen LogP contribution in [0.1, 0.15) is 22.3 Å². The average molecular weight is 794 g/mol. The monoisotopic (exact) mass is 793 g/mol. The second-order valence-electron chi connectivity index (χ2n) is 16.0. The number of ether oxygens (including phenoxy) is 2. The number of hydrogen-bond donors (Lipinski definition) is 0. The van der Waals surface area contributed by atoms with Gasteiger partial charge in [0.1, 0.15) is 0 Å². The molecule has 0 saturated heterocycles. The minimum absolute atomic E-state index is 0.534. The summed E-state index contributed by atoms with van der Waals surface area (Å²) in [6.45, 7) is 0. The van der Waals surface area contributed by atoms with E-state index in [1.165, 1.54) is 38.6 Å². The minimum Gasteiger partial charge on any atom is -0.449 e. The van der Waals surface area contributed by atoms with Crippen LogP contribution in [0.25, 0.3) is 44.2 Å². The van der Waals surface area contributed by atoms with Crippen LogP contribution in [0.15, 0.2) is 237 Å². The highest BCUT2D eigenvalue weighted by molar-refractivity contribution is 5.93. The summed E-state index contributed by atoms with van der Waals surface area (Å²) in [4.78, 5) is 2.32. The standard InChI is InChI=1S/C59H39NO2/c1-4-17-42(18-5-1)49-24-13-15-27-53(49)60(47-32-30-41(31-33-47)44-29-28-40-16-10-11-19-43(40)38-44)48-34-36-54-56(39-48)61-55-37-35-52-57(58(55)62-54)50-25-12-14-26-51(50)59(52,45-20-6-2-7-21-45)46-22-8-3-9-23-46/h1-39H. The number of hydrogen-bond acceptors (Lipinski definition) is 3. The van der Waals surface area contributed by atoms with Crippen LogP contribution >= 0.6 is 0 Å². The molecule has 1 heterocycles. The van der Waals surface area contributed by atoms with Gasteiger partial charge in [0.15, 0.2) is 23.0 Å². The second kappa shape index (κ2) is 14.5. The third kappa shape index (κ3) is 5.67. The lowest BCUT2D eigenvalue weighted by molar-refractivity contribution is 0.360. The van der Waals surface area contributed by atoms with Gasteiger partial charge in [-0.15, -0.1) is 0 Å². The molecule has 62 heavy (non-hydrogen) atoms. The molecule has 3 heteroatoms. The summed E-state index contributed by atoms with van der Waals surface area (Å²) in [5, 5.41) is 2.46. The Bertz CT molecular complexity index is 3250. The minimum atomic E-state index is -0.534. The first-order chi connectivity index (χ1) is 30.7. The summed E-state index contributed by atoms with van der Waals surface area (Å²) in [6.07, 6.45) is 0. The van der Waals surface area contributed by atoms with Gasteiger partial charge in [0.2, 0.25) is 0 Å². The van der Waals surface area contributed by atoms with Gasteiger partial charge in [0.25, 0.3) is 0 Å². The predicted octanol–water partition coefficient (Wildman–Crippen LogP) is 15.9. The van der Waals surface area contributed by atoms with Crippen molar-refractivity contribution in [3.63, 3.8) is 0 Å². The maximum atomic E-state index is 7.03. The molecule has 0 N–H and O–H groups in total. The molecular formula is C59H39NO2. The Morgan fingerprint density at radius 3 is 1.69 bits per heavy atom. The zero-order chi connectivity index (χ0) is 41.0. The van der Waals surface area contributed by atoms with Crippen LogP contribution < -0.4 is 14.4 Å². The number of nitrogens with zero attached hydrogens (tertiary/aromatic N) is 1. The van der Waals surface area contributed by atoms with Crippen molar-refractivity contribution in [2.75, 3.05) is 4.90 Å². The first kappa shape index (κ1) is 35.8. The van der Waals surface area contributed by atoms with Crippen molar-refractivity contribution < 1.29 is 9.47 Å². The Morgan fingerprint density at radius 1 is 0.339 bits per heavy atom. The van der Waals surface area contributed by atoms with E-state index in [-0.39, 0.29) is 0 Å². The number of benzene rings is 10. The lowest BCUT2D eigenvalue weighted by Gasteiger charge is -2.34. The molecule has 10 aromatic carbocycles. The molecule has 0 saturated carbocycles. The Kier molecular flexibility index (Phi) is 8.39. The zero-order valence-corrected chi connectivity index (χ0v) is 33.8. The third-order valence-corrected chi connectivity index (χ3v) is 12.6. The van der Waals surface area contributed by atoms with Gasteiger partial charge in [-0.3, -0.25) is 0 Å². The summed E-state index contributed by atoms with van der Waals surface area (Å²) < 4.78 is 14.0. The van der Waals surface area contributed by atoms with Crippen molar-refractivity contribution in [1.82, 2.24) is 0 Å². The Labute approximate surface area is 361 Å². The van der Waals surface area contributed by atoms with Gasteiger partial charge >= 0.3 is 0 Å². The van der Waals surface area contributed by atoms with Crippen LogP contribution in [-0.2, 0) is 5.41 Å². The topological polar surface area (TPSA) is 21.7 Å². The molecule has 0 amide bonds. The van der Waals surface area contributed by atoms with E-state index in [1.54, 1.807) is 0 Å². The van der Waals surface area contributed by atoms with E-state index in [0.717, 1.165) is 50.6 Å². The molecule has 1 aliphatic carbocycles. The van der Waals surface area contributed by atoms with Gasteiger partial charge < -0.3 is 14.4 Å². The van der Waals surface area contributed by atoms with Gasteiger partial charge in [0.05, 0.1) is 16.8 Å². The van der Waals surface area contributed by atoms with Gasteiger partial charge in [-0.05, 0) is 97.7 Å². The summed E-state index contributed by atoms with van der Waals surface area (Å²) in [5.41, 5.74) is 14.1. The Hall–Kier alpha value is -8.14. The molecule has 1 aliphatic heterocycles. The average Bonchev–Trinajstić information content (AvgIpc) is 3.66. The molecule has 12 rings (SSSR count). The summed E-state index contributed by atoms with van der Waals surface area (Å²) in [5.74, 6) is 2.76. The summed E-state index contributed by atoms with van der Waals surface area (Å²) >= 11 is 0. The smallest absolute Gasteiger partial charge is 0.178 e. The third-order valence-electron chi connectivity index (χ3n) is 12.6. The van der Waals surface area contributed by atoms with Crippen LogP contribution in [-0.4, -0.2) is 0 Å². The first-order valence-electron chi connectivity index (χ1n) is 21.2. The van der Waals surface area contributed by atoms with E-state index in [1.807, 2.05) is 0 Å². The molecule has 0 spiro atoms. The largest absolute Gasteiger partial charge is 0.449 e. The maximum Gasteiger partial charge on any atom is 0.178 e. The first-order valence-corrected chi connectivity index (χ1v) is 21.2. The molecule has 0 aromatic heterocycles. The van der Waals surface area contributed by atoms with Crippen molar-refractivity contribution in [2.24, 2.45) is 0 Å². The van der Waals surface area contributed by atoms with E-state index in [2.05, 4.69) is 241 Å². The molecular weight excluding hydrogens is 755 g/mol. The fourth-order valence-electron chi connectivity index (χ4n) is 9.82. The lowest BCUT2D eigenvalue weighted by Crippen LogP contribution is -2.28. The van der Waals surface area contributed by atoms with E-state index in [9.17, 15) is 0 Å². The fraction of sp³-hybridized carbons (Fsp3) is 0.0169. The van der Waals surface area contributed by atoms with Crippen molar-refractivity contribution in [3.05, 3.63) is 259 Å². The molecule has 0 bridgehead atoms. The lowest BCUT2D eigenvalue weighted by atomic mass is 9.68. The summed E-state index contributed by atoms with van der Waals surface area (Å²) in [7, 11) is 0. The van der Waals surface area contributed by atoms with Gasteiger partial charge in [-0.25, -0.2) is 0 Å². The molecule has 0 unspecified atom stereocenters. The number of para-hydroxylation sites is 1. The van der Waals surface area contributed by atoms with Gasteiger partial charge in [-0.2, -0.15) is 0 Å². The van der Waals surface area contributed by atoms with E-state index < -0.39 is 5.41 Å². The van der Waals surface area contributed by atoms with E-state index >= 15 is 0 Å². The van der Waals surface area contributed by atoms with Crippen molar-refractivity contribution in [1.29, 1.82) is 0 Å². The Morgan fingerprint density at radius 2 is 0.935 bits per heavy atom. The van der Waals surface area contributed by atoms with Crippen molar-refractivity contribution in [2.45, 2.75) is 5.41 Å². The predicted molar refractivity (Wildman–Crippen MR) is 253 cm³/mol. The normalized spacial score (nSPS) is 12.9. The molecule has 0 fully saturated rings. The summed E-state index contributed by atoms with van der Waals surface area (Å²) in [6, 6.07) is 84.3. The fourth-order valence-corrected chi connectivity index (χ4v) is 9.82. The molecule has 292 valence electrons. The Balaban J connectivity index is 0.977. The quantitative estimate of drug-likeness (QED) is 0.160. The highest BCUT2D eigenvalue weighted by Crippen LogP contribution is 2.62. The molecule has 0 atom stereocenters. The number of rotatable bonds is 7. The van der Waals surface area contributed by atoms with E-state index in [0.29, 0.717) is 17.2 Å². The van der Waals surface area contributed by atoms with Crippen molar-refractivity contribution >= 4 is 27.8 Å². The van der Waals surface area contributed by atoms with Gasteiger partial charge in [-0.1, -0.05) is 188 Å². The SMILES string of the molecule is c1ccc(-c2ccccc2N(c2ccc(-c3ccc4ccccc4c3)cc2)c2ccc3c(c2)Oc2ccc4c(c2O3)-c2ccccc2C4(c2ccccc2)c2ccccc2)cc1. The van der Waals surface area contributed by atoms with Crippen LogP contribution in [0.5, 0.6) is 23.0 Å². The van der Waals surface area contributed by atoms with Crippen LogP contribution in [0, 0.1) is 0 Å². The molecule has 3 nitrogen and oxygen atoms in total. The molecule has 0 radical (unpaired) electrons. The van der Waals surface area contributed by atoms with Crippen molar-refractivity contribution in [3.8, 4) is 56.4 Å². The zero-order valence-electron chi connectivity index (χ0n) is 33.8.